The lowest BCUT2D eigenvalue weighted by atomic mass is 9.79. The van der Waals surface area contributed by atoms with Gasteiger partial charge in [-0.15, -0.1) is 11.6 Å². The smallest absolute Gasteiger partial charge is 0.351 e. The van der Waals surface area contributed by atoms with Crippen LogP contribution >= 0.6 is 11.6 Å². The molecule has 3 saturated carbocycles. The first-order valence-electron chi connectivity index (χ1n) is 34.7. The summed E-state index contributed by atoms with van der Waals surface area (Å²) in [6.45, 7) is 13.2. The molecule has 22 nitrogen and oxygen atoms in total. The van der Waals surface area contributed by atoms with Gasteiger partial charge in [0.05, 0.1) is 19.0 Å². The minimum absolute atomic E-state index is 0.0140. The van der Waals surface area contributed by atoms with Crippen molar-refractivity contribution in [1.82, 2.24) is 55.1 Å². The molecule has 5 fully saturated rings. The van der Waals surface area contributed by atoms with Gasteiger partial charge in [0.15, 0.2) is 0 Å². The molecular formula is C68H113ClF3N11O11. The molecule has 0 aromatic rings. The minimum atomic E-state index is -4.35. The van der Waals surface area contributed by atoms with E-state index in [9.17, 15) is 51.5 Å². The number of alkyl halides is 4. The van der Waals surface area contributed by atoms with E-state index < -0.39 is 156 Å². The second-order valence-electron chi connectivity index (χ2n) is 29.2. The Hall–Kier alpha value is -5.75. The van der Waals surface area contributed by atoms with E-state index in [4.69, 9.17) is 11.6 Å². The Morgan fingerprint density at radius 1 is 0.532 bits per heavy atom. The molecule has 0 aromatic carbocycles. The Labute approximate surface area is 561 Å². The quantitative estimate of drug-likeness (QED) is 0.176. The van der Waals surface area contributed by atoms with E-state index in [-0.39, 0.29) is 106 Å². The van der Waals surface area contributed by atoms with Crippen molar-refractivity contribution >= 4 is 76.6 Å². The van der Waals surface area contributed by atoms with Crippen LogP contribution < -0.4 is 16.0 Å². The number of amides is 11. The SMILES string of the molecule is CC[C@H](C)[C@@H]1NC(=O)[C@H](C)N(C)C(=O)C[C@@H](C)NC(=O)[C@H](C(C)C)N(C)C(=O)[C@H](CC2CCCCC2)N(C)C(=O)[C@H](CC(C)C)N(C)C(=O)[C@H](CCC2CCC(C(F)(F)F)CC2)NC(=O)CN(C)C(=O)[C@H](CC2CCC(Cl)CC2)N(C)C(=O)[C@@H]2CCN2C(=O)CN(C)C1=O. The topological polar surface area (TPSA) is 250 Å². The van der Waals surface area contributed by atoms with Gasteiger partial charge in [-0.25, -0.2) is 0 Å². The number of hydrogen-bond acceptors (Lipinski definition) is 11. The van der Waals surface area contributed by atoms with Gasteiger partial charge in [-0.05, 0) is 139 Å². The van der Waals surface area contributed by atoms with Gasteiger partial charge in [-0.3, -0.25) is 52.7 Å². The molecule has 0 unspecified atom stereocenters. The monoisotopic (exact) mass is 1350 g/mol. The van der Waals surface area contributed by atoms with E-state index in [2.05, 4.69) is 16.0 Å². The van der Waals surface area contributed by atoms with Crippen LogP contribution in [0.25, 0.3) is 0 Å². The van der Waals surface area contributed by atoms with E-state index in [1.807, 2.05) is 20.8 Å². The Morgan fingerprint density at radius 3 is 1.61 bits per heavy atom. The van der Waals surface area contributed by atoms with Crippen molar-refractivity contribution in [3.8, 4) is 0 Å². The lowest BCUT2D eigenvalue weighted by molar-refractivity contribution is -0.184. The van der Waals surface area contributed by atoms with Gasteiger partial charge in [-0.1, -0.05) is 80.1 Å². The largest absolute Gasteiger partial charge is 0.391 e. The van der Waals surface area contributed by atoms with Gasteiger partial charge in [0.1, 0.15) is 48.3 Å². The van der Waals surface area contributed by atoms with Gasteiger partial charge in [0.25, 0.3) is 0 Å². The molecular weight excluding hydrogens is 1240 g/mol. The molecule has 2 saturated heterocycles. The standard InChI is InChI=1S/C68H113ClF3N11O11/c1-16-42(6)58-67(94)77(10)39-57(86)83-33-32-51(83)64(91)80(13)53(37-47-24-29-49(69)30-25-47)63(90)76(9)38-55(84)74-50(31-26-45-22-27-48(28-23-45)68(70,71)72)62(89)79(12)52(34-40(2)3)65(92)81(14)54(36-46-20-18-17-19-21-46)66(93)82(15)59(41(4)5)61(88)73-43(7)35-56(85)78(11)44(8)60(87)75-58/h40-54,58-59H,16-39H2,1-15H3,(H,73,88)(H,74,84)(H,75,87)/t42-,43+,44-,45?,47?,48?,49?,50-,51-,52-,53-,54-,58-,59-/m0/s1. The van der Waals surface area contributed by atoms with Crippen molar-refractivity contribution in [2.45, 2.75) is 256 Å². The highest BCUT2D eigenvalue weighted by molar-refractivity contribution is 6.20. The molecule has 0 bridgehead atoms. The summed E-state index contributed by atoms with van der Waals surface area (Å²) in [5.74, 6) is -9.23. The van der Waals surface area contributed by atoms with Crippen LogP contribution in [0.3, 0.4) is 0 Å². The van der Waals surface area contributed by atoms with E-state index in [0.29, 0.717) is 32.1 Å². The molecule has 0 aromatic heterocycles. The summed E-state index contributed by atoms with van der Waals surface area (Å²) < 4.78 is 41.6. The molecule has 0 radical (unpaired) electrons. The summed E-state index contributed by atoms with van der Waals surface area (Å²) in [6.07, 6.45) is 4.42. The van der Waals surface area contributed by atoms with E-state index >= 15 is 14.4 Å². The molecule has 94 heavy (non-hydrogen) atoms. The normalized spacial score (nSPS) is 31.2. The maximum Gasteiger partial charge on any atom is 0.391 e. The maximum absolute atomic E-state index is 15.5. The number of carbonyl (C=O) groups is 11. The average Bonchev–Trinajstić information content (AvgIpc) is 0.798. The number of likely N-dealkylation sites (N-methyl/N-ethyl adjacent to an activating group) is 7. The molecule has 11 amide bonds. The summed E-state index contributed by atoms with van der Waals surface area (Å²) in [5.41, 5.74) is 0. The van der Waals surface area contributed by atoms with Gasteiger partial charge >= 0.3 is 6.18 Å². The predicted molar refractivity (Wildman–Crippen MR) is 352 cm³/mol. The number of fused-ring (bicyclic) bond motifs is 1. The van der Waals surface area contributed by atoms with Gasteiger partial charge in [-0.2, -0.15) is 13.2 Å². The van der Waals surface area contributed by atoms with E-state index in [1.54, 1.807) is 27.7 Å². The van der Waals surface area contributed by atoms with Crippen LogP contribution in [0.1, 0.15) is 190 Å². The van der Waals surface area contributed by atoms with Crippen LogP contribution in [0.4, 0.5) is 13.2 Å². The second-order valence-corrected chi connectivity index (χ2v) is 29.8. The maximum atomic E-state index is 15.5. The summed E-state index contributed by atoms with van der Waals surface area (Å²) in [4.78, 5) is 172. The first-order valence-corrected chi connectivity index (χ1v) is 35.1. The molecule has 5 rings (SSSR count). The van der Waals surface area contributed by atoms with Crippen LogP contribution in [-0.4, -0.2) is 239 Å². The van der Waals surface area contributed by atoms with Crippen molar-refractivity contribution in [2.75, 3.05) is 69.0 Å². The minimum Gasteiger partial charge on any atom is -0.351 e. The Bertz CT molecular complexity index is 2630. The first kappa shape index (κ1) is 78.9. The Balaban J connectivity index is 1.57. The molecule has 2 aliphatic heterocycles. The zero-order chi connectivity index (χ0) is 70.4. The zero-order valence-electron chi connectivity index (χ0n) is 58.9. The molecule has 0 spiro atoms. The number of hydrogen-bond donors (Lipinski definition) is 3. The number of nitrogens with one attached hydrogen (secondary N) is 3. The van der Waals surface area contributed by atoms with E-state index in [0.717, 1.165) is 32.1 Å². The third kappa shape index (κ3) is 21.1. The molecule has 26 heteroatoms. The van der Waals surface area contributed by atoms with Gasteiger partial charge < -0.3 is 55.1 Å². The first-order chi connectivity index (χ1) is 44.0. The Morgan fingerprint density at radius 2 is 1.06 bits per heavy atom. The van der Waals surface area contributed by atoms with Crippen LogP contribution in [0, 0.1) is 41.4 Å². The number of halogens is 4. The second kappa shape index (κ2) is 35.5. The van der Waals surface area contributed by atoms with Gasteiger partial charge in [0, 0.05) is 73.7 Å². The van der Waals surface area contributed by atoms with Crippen LogP contribution in [0.2, 0.25) is 0 Å². The molecule has 2 heterocycles. The van der Waals surface area contributed by atoms with Crippen LogP contribution in [-0.2, 0) is 52.7 Å². The fourth-order valence-electron chi connectivity index (χ4n) is 14.5. The summed E-state index contributed by atoms with van der Waals surface area (Å²) in [6, 6.07) is -9.86. The lowest BCUT2D eigenvalue weighted by Gasteiger charge is -2.44. The zero-order valence-corrected chi connectivity index (χ0v) is 59.6. The van der Waals surface area contributed by atoms with Crippen molar-refractivity contribution in [2.24, 2.45) is 41.4 Å². The van der Waals surface area contributed by atoms with Crippen LogP contribution in [0.15, 0.2) is 0 Å². The third-order valence-corrected chi connectivity index (χ3v) is 21.6. The highest BCUT2D eigenvalue weighted by Gasteiger charge is 2.47. The third-order valence-electron chi connectivity index (χ3n) is 21.2. The Kier molecular flexibility index (Phi) is 29.8. The number of carbonyl (C=O) groups excluding carboxylic acids is 11. The number of nitrogens with zero attached hydrogens (tertiary/aromatic N) is 8. The highest BCUT2D eigenvalue weighted by atomic mass is 35.5. The summed E-state index contributed by atoms with van der Waals surface area (Å²) in [5, 5.41) is 8.52. The summed E-state index contributed by atoms with van der Waals surface area (Å²) in [7, 11) is 10.2. The molecule has 5 aliphatic rings. The summed E-state index contributed by atoms with van der Waals surface area (Å²) >= 11 is 6.52. The highest BCUT2D eigenvalue weighted by Crippen LogP contribution is 2.41. The molecule has 3 N–H and O–H groups in total. The fourth-order valence-corrected chi connectivity index (χ4v) is 14.8. The average molecular weight is 1350 g/mol. The van der Waals surface area contributed by atoms with Gasteiger partial charge in [0.2, 0.25) is 65.0 Å². The predicted octanol–water partition coefficient (Wildman–Crippen LogP) is 6.59. The van der Waals surface area contributed by atoms with Crippen molar-refractivity contribution in [1.29, 1.82) is 0 Å². The lowest BCUT2D eigenvalue weighted by Crippen LogP contribution is -2.63. The van der Waals surface area contributed by atoms with Crippen molar-refractivity contribution in [3.05, 3.63) is 0 Å². The van der Waals surface area contributed by atoms with Crippen LogP contribution in [0.5, 0.6) is 0 Å². The fraction of sp³-hybridized carbons (Fsp3) is 0.838. The number of rotatable bonds is 12. The van der Waals surface area contributed by atoms with Crippen molar-refractivity contribution in [3.63, 3.8) is 0 Å². The molecule has 534 valence electrons. The van der Waals surface area contributed by atoms with E-state index in [1.165, 1.54) is 95.5 Å². The molecule has 10 atom stereocenters. The van der Waals surface area contributed by atoms with Crippen molar-refractivity contribution < 1.29 is 65.9 Å². The molecule has 3 aliphatic carbocycles.